The summed E-state index contributed by atoms with van der Waals surface area (Å²) in [4.78, 5) is 28.2. The molecule has 2 aliphatic heterocycles. The van der Waals surface area contributed by atoms with Gasteiger partial charge < -0.3 is 9.84 Å². The number of rotatable bonds is 10. The first kappa shape index (κ1) is 24.8. The second-order valence-electron chi connectivity index (χ2n) is 8.22. The number of thioether (sulfide) groups is 2. The monoisotopic (exact) mass is 478 g/mol. The quantitative estimate of drug-likeness (QED) is 0.261. The van der Waals surface area contributed by atoms with Crippen LogP contribution in [0.2, 0.25) is 0 Å². The summed E-state index contributed by atoms with van der Waals surface area (Å²) in [6.45, 7) is 11.8. The molecule has 0 unspecified atom stereocenters. The molecular formula is C24H34N2O4S2. The van der Waals surface area contributed by atoms with E-state index < -0.39 is 0 Å². The first-order valence-electron chi connectivity index (χ1n) is 11.6. The molecule has 0 radical (unpaired) electrons. The van der Waals surface area contributed by atoms with Gasteiger partial charge in [0.05, 0.1) is 20.6 Å². The van der Waals surface area contributed by atoms with Gasteiger partial charge in [0.15, 0.2) is 0 Å². The number of amides is 2. The first-order chi connectivity index (χ1) is 15.4. The van der Waals surface area contributed by atoms with Gasteiger partial charge in [0.2, 0.25) is 0 Å². The zero-order chi connectivity index (χ0) is 23.4. The van der Waals surface area contributed by atoms with Crippen molar-refractivity contribution in [3.63, 3.8) is 0 Å². The van der Waals surface area contributed by atoms with Crippen molar-refractivity contribution in [2.24, 2.45) is 0 Å². The van der Waals surface area contributed by atoms with Crippen molar-refractivity contribution in [3.8, 4) is 11.5 Å². The molecule has 1 aromatic carbocycles. The predicted molar refractivity (Wildman–Crippen MR) is 130 cm³/mol. The summed E-state index contributed by atoms with van der Waals surface area (Å²) in [7, 11) is 0. The lowest BCUT2D eigenvalue weighted by atomic mass is 10.1. The van der Waals surface area contributed by atoms with Crippen molar-refractivity contribution >= 4 is 35.3 Å². The smallest absolute Gasteiger partial charge is 0.279 e. The number of benzene rings is 1. The maximum Gasteiger partial charge on any atom is 0.279 e. The van der Waals surface area contributed by atoms with Gasteiger partial charge in [0, 0.05) is 13.1 Å². The minimum atomic E-state index is -0.233. The standard InChI is InChI=1S/C24H34N2O4S2/c1-6-9-12-25-22(28)17(23(29)26(25)13-10-7-2)24-31-20-18(27)15(4)16(5)19(21(20)32-24)30-14-11-8-3/h27H,6-14H2,1-5H3. The van der Waals surface area contributed by atoms with Gasteiger partial charge in [-0.2, -0.15) is 0 Å². The van der Waals surface area contributed by atoms with E-state index in [1.165, 1.54) is 23.5 Å². The largest absolute Gasteiger partial charge is 0.506 e. The topological polar surface area (TPSA) is 70.1 Å². The summed E-state index contributed by atoms with van der Waals surface area (Å²) in [6, 6.07) is 0. The fraction of sp³-hybridized carbons (Fsp3) is 0.583. The number of ether oxygens (including phenoxy) is 1. The van der Waals surface area contributed by atoms with E-state index in [4.69, 9.17) is 4.74 Å². The van der Waals surface area contributed by atoms with Crippen LogP contribution in [0.15, 0.2) is 19.6 Å². The molecule has 2 amide bonds. The average molecular weight is 479 g/mol. The normalized spacial score (nSPS) is 15.9. The summed E-state index contributed by atoms with van der Waals surface area (Å²) in [5.74, 6) is 0.491. The number of aromatic hydroxyl groups is 1. The van der Waals surface area contributed by atoms with Gasteiger partial charge in [-0.1, -0.05) is 63.6 Å². The van der Waals surface area contributed by atoms with Crippen LogP contribution in [-0.2, 0) is 9.59 Å². The number of hydrazine groups is 1. The Balaban J connectivity index is 2.00. The fourth-order valence-corrected chi connectivity index (χ4v) is 6.46. The number of nitrogens with zero attached hydrogens (tertiary/aromatic N) is 2. The molecule has 2 aliphatic rings. The molecule has 8 heteroatoms. The Morgan fingerprint density at radius 3 is 1.88 bits per heavy atom. The molecule has 2 heterocycles. The fourth-order valence-electron chi connectivity index (χ4n) is 3.69. The number of carbonyl (C=O) groups is 2. The number of fused-ring (bicyclic) bond motifs is 1. The highest BCUT2D eigenvalue weighted by Gasteiger charge is 2.44. The van der Waals surface area contributed by atoms with Crippen molar-refractivity contribution in [2.45, 2.75) is 82.9 Å². The first-order valence-corrected chi connectivity index (χ1v) is 13.2. The lowest BCUT2D eigenvalue weighted by Crippen LogP contribution is -2.42. The number of hydrogen-bond donors (Lipinski definition) is 1. The van der Waals surface area contributed by atoms with Crippen LogP contribution in [0.5, 0.6) is 11.5 Å². The number of phenolic OH excluding ortho intramolecular Hbond substituents is 1. The third-order valence-corrected chi connectivity index (χ3v) is 8.46. The van der Waals surface area contributed by atoms with Crippen molar-refractivity contribution in [1.82, 2.24) is 10.0 Å². The highest BCUT2D eigenvalue weighted by atomic mass is 32.2. The number of carbonyl (C=O) groups excluding carboxylic acids is 2. The van der Waals surface area contributed by atoms with E-state index in [-0.39, 0.29) is 23.1 Å². The van der Waals surface area contributed by atoms with Crippen molar-refractivity contribution in [1.29, 1.82) is 0 Å². The summed E-state index contributed by atoms with van der Waals surface area (Å²) in [5, 5.41) is 14.0. The van der Waals surface area contributed by atoms with Gasteiger partial charge in [0.1, 0.15) is 17.1 Å². The molecule has 0 bridgehead atoms. The molecule has 1 N–H and O–H groups in total. The van der Waals surface area contributed by atoms with Crippen LogP contribution in [0.25, 0.3) is 0 Å². The van der Waals surface area contributed by atoms with E-state index in [2.05, 4.69) is 20.8 Å². The van der Waals surface area contributed by atoms with E-state index in [0.717, 1.165) is 60.3 Å². The number of hydrogen-bond acceptors (Lipinski definition) is 6. The molecule has 1 aromatic rings. The second kappa shape index (κ2) is 10.9. The van der Waals surface area contributed by atoms with Crippen LogP contribution in [0.3, 0.4) is 0 Å². The minimum Gasteiger partial charge on any atom is -0.506 e. The Labute approximate surface area is 199 Å². The Morgan fingerprint density at radius 1 is 0.812 bits per heavy atom. The third kappa shape index (κ3) is 4.62. The molecule has 0 spiro atoms. The van der Waals surface area contributed by atoms with Crippen LogP contribution in [-0.4, -0.2) is 46.6 Å². The molecule has 1 saturated heterocycles. The van der Waals surface area contributed by atoms with Crippen molar-refractivity contribution in [3.05, 3.63) is 20.9 Å². The molecule has 1 fully saturated rings. The van der Waals surface area contributed by atoms with E-state index in [1.54, 1.807) is 10.0 Å². The molecule has 32 heavy (non-hydrogen) atoms. The number of phenols is 1. The third-order valence-electron chi connectivity index (χ3n) is 5.86. The maximum atomic E-state index is 13.3. The van der Waals surface area contributed by atoms with Crippen LogP contribution in [0.4, 0.5) is 0 Å². The highest BCUT2D eigenvalue weighted by Crippen LogP contribution is 2.61. The van der Waals surface area contributed by atoms with E-state index in [1.807, 2.05) is 13.8 Å². The molecule has 0 saturated carbocycles. The van der Waals surface area contributed by atoms with Gasteiger partial charge in [0.25, 0.3) is 11.8 Å². The van der Waals surface area contributed by atoms with Crippen LogP contribution < -0.4 is 4.74 Å². The molecule has 0 aromatic heterocycles. The lowest BCUT2D eigenvalue weighted by molar-refractivity contribution is -0.147. The van der Waals surface area contributed by atoms with Gasteiger partial charge in [-0.3, -0.25) is 9.59 Å². The summed E-state index contributed by atoms with van der Waals surface area (Å²) in [6.07, 6.45) is 5.56. The molecule has 0 atom stereocenters. The molecule has 0 aliphatic carbocycles. The zero-order valence-electron chi connectivity index (χ0n) is 19.7. The molecule has 176 valence electrons. The van der Waals surface area contributed by atoms with Gasteiger partial charge in [-0.05, 0) is 44.2 Å². The summed E-state index contributed by atoms with van der Waals surface area (Å²) in [5.41, 5.74) is 1.89. The minimum absolute atomic E-state index is 0.206. The van der Waals surface area contributed by atoms with Gasteiger partial charge in [-0.15, -0.1) is 0 Å². The summed E-state index contributed by atoms with van der Waals surface area (Å²) >= 11 is 2.69. The van der Waals surface area contributed by atoms with E-state index in [0.29, 0.717) is 28.8 Å². The highest BCUT2D eigenvalue weighted by molar-refractivity contribution is 8.25. The Kier molecular flexibility index (Phi) is 8.44. The molecule has 6 nitrogen and oxygen atoms in total. The van der Waals surface area contributed by atoms with Crippen molar-refractivity contribution < 1.29 is 19.4 Å². The van der Waals surface area contributed by atoms with Crippen LogP contribution in [0.1, 0.15) is 70.4 Å². The zero-order valence-corrected chi connectivity index (χ0v) is 21.4. The second-order valence-corrected chi connectivity index (χ2v) is 10.5. The Hall–Kier alpha value is -1.80. The molecule has 3 rings (SSSR count). The predicted octanol–water partition coefficient (Wildman–Crippen LogP) is 5.78. The van der Waals surface area contributed by atoms with Crippen LogP contribution in [0, 0.1) is 13.8 Å². The van der Waals surface area contributed by atoms with Gasteiger partial charge in [-0.25, -0.2) is 10.0 Å². The van der Waals surface area contributed by atoms with E-state index in [9.17, 15) is 14.7 Å². The molecular weight excluding hydrogens is 444 g/mol. The van der Waals surface area contributed by atoms with E-state index >= 15 is 0 Å². The summed E-state index contributed by atoms with van der Waals surface area (Å²) < 4.78 is 6.75. The average Bonchev–Trinajstić information content (AvgIpc) is 3.30. The maximum absolute atomic E-state index is 13.3. The van der Waals surface area contributed by atoms with Gasteiger partial charge >= 0.3 is 0 Å². The number of unbranched alkanes of at least 4 members (excludes halogenated alkanes) is 3. The van der Waals surface area contributed by atoms with Crippen LogP contribution >= 0.6 is 23.5 Å². The Morgan fingerprint density at radius 2 is 1.34 bits per heavy atom. The van der Waals surface area contributed by atoms with Crippen molar-refractivity contribution in [2.75, 3.05) is 19.7 Å². The SMILES string of the molecule is CCCCOc1c(C)c(C)c(O)c2c1SC(=C1C(=O)N(CCCC)N(CCCC)C1=O)S2. The lowest BCUT2D eigenvalue weighted by Gasteiger charge is -2.27. The Bertz CT molecular complexity index is 901.